The van der Waals surface area contributed by atoms with Crippen molar-refractivity contribution in [2.75, 3.05) is 6.61 Å². The summed E-state index contributed by atoms with van der Waals surface area (Å²) in [5.41, 5.74) is 0. The molecule has 0 saturated heterocycles. The summed E-state index contributed by atoms with van der Waals surface area (Å²) in [4.78, 5) is 0. The fourth-order valence-corrected chi connectivity index (χ4v) is 3.89. The lowest BCUT2D eigenvalue weighted by molar-refractivity contribution is 0.282. The van der Waals surface area contributed by atoms with Crippen molar-refractivity contribution in [3.8, 4) is 0 Å². The Morgan fingerprint density at radius 3 is 1.48 bits per heavy atom. The van der Waals surface area contributed by atoms with E-state index in [4.69, 9.17) is 5.11 Å². The zero-order valence-electron chi connectivity index (χ0n) is 15.0. The number of hydrogen-bond acceptors (Lipinski definition) is 3. The number of aliphatic hydroxyl groups is 1. The maximum atomic E-state index is 11.4. The van der Waals surface area contributed by atoms with Gasteiger partial charge < -0.3 is 5.11 Å². The molecule has 0 aromatic heterocycles. The second-order valence-corrected chi connectivity index (χ2v) is 8.38. The van der Waals surface area contributed by atoms with E-state index in [1.807, 2.05) is 0 Å². The SMILES string of the molecule is CCCCCCCCCCCC(CCCCCCO)S(=O)(=O)O. The predicted molar refractivity (Wildman–Crippen MR) is 97.4 cm³/mol. The van der Waals surface area contributed by atoms with Crippen molar-refractivity contribution < 1.29 is 18.1 Å². The monoisotopic (exact) mass is 350 g/mol. The summed E-state index contributed by atoms with van der Waals surface area (Å²) >= 11 is 0. The van der Waals surface area contributed by atoms with Crippen molar-refractivity contribution in [3.63, 3.8) is 0 Å². The number of aliphatic hydroxyl groups excluding tert-OH is 1. The number of hydrogen-bond donors (Lipinski definition) is 2. The molecule has 0 aliphatic heterocycles. The Hall–Kier alpha value is -0.130. The molecule has 0 amide bonds. The lowest BCUT2D eigenvalue weighted by Gasteiger charge is -2.13. The molecule has 0 radical (unpaired) electrons. The van der Waals surface area contributed by atoms with E-state index in [0.717, 1.165) is 38.5 Å². The molecule has 0 heterocycles. The first kappa shape index (κ1) is 22.9. The van der Waals surface area contributed by atoms with E-state index < -0.39 is 15.4 Å². The van der Waals surface area contributed by atoms with Crippen molar-refractivity contribution in [1.82, 2.24) is 0 Å². The van der Waals surface area contributed by atoms with Gasteiger partial charge in [-0.25, -0.2) is 0 Å². The minimum Gasteiger partial charge on any atom is -0.396 e. The third kappa shape index (κ3) is 15.2. The maximum Gasteiger partial charge on any atom is 0.267 e. The zero-order chi connectivity index (χ0) is 17.4. The highest BCUT2D eigenvalue weighted by Gasteiger charge is 2.21. The topological polar surface area (TPSA) is 74.6 Å². The minimum atomic E-state index is -3.91. The van der Waals surface area contributed by atoms with Crippen LogP contribution in [0.1, 0.15) is 103 Å². The highest BCUT2D eigenvalue weighted by Crippen LogP contribution is 2.19. The van der Waals surface area contributed by atoms with Gasteiger partial charge in [-0.05, 0) is 19.3 Å². The van der Waals surface area contributed by atoms with Crippen LogP contribution in [0.15, 0.2) is 0 Å². The Kier molecular flexibility index (Phi) is 15.3. The van der Waals surface area contributed by atoms with E-state index in [-0.39, 0.29) is 6.61 Å². The summed E-state index contributed by atoms with van der Waals surface area (Å²) in [6, 6.07) is 0. The van der Waals surface area contributed by atoms with Gasteiger partial charge in [0.1, 0.15) is 0 Å². The van der Waals surface area contributed by atoms with E-state index in [0.29, 0.717) is 12.8 Å². The van der Waals surface area contributed by atoms with Crippen molar-refractivity contribution in [1.29, 1.82) is 0 Å². The Morgan fingerprint density at radius 2 is 1.09 bits per heavy atom. The number of unbranched alkanes of at least 4 members (excludes halogenated alkanes) is 11. The predicted octanol–water partition coefficient (Wildman–Crippen LogP) is 5.11. The molecule has 23 heavy (non-hydrogen) atoms. The van der Waals surface area contributed by atoms with Crippen LogP contribution in [0.3, 0.4) is 0 Å². The van der Waals surface area contributed by atoms with Crippen LogP contribution in [-0.2, 0) is 10.1 Å². The first-order valence-corrected chi connectivity index (χ1v) is 11.1. The second kappa shape index (κ2) is 15.4. The zero-order valence-corrected chi connectivity index (χ0v) is 15.8. The molecule has 2 N–H and O–H groups in total. The summed E-state index contributed by atoms with van der Waals surface area (Å²) in [7, 11) is -3.91. The van der Waals surface area contributed by atoms with E-state index in [2.05, 4.69) is 6.92 Å². The van der Waals surface area contributed by atoms with Crippen LogP contribution in [0.25, 0.3) is 0 Å². The van der Waals surface area contributed by atoms with Crippen LogP contribution in [-0.4, -0.2) is 29.9 Å². The van der Waals surface area contributed by atoms with Gasteiger partial charge >= 0.3 is 0 Å². The van der Waals surface area contributed by atoms with Gasteiger partial charge in [0.25, 0.3) is 10.1 Å². The summed E-state index contributed by atoms with van der Waals surface area (Å²) in [6.45, 7) is 2.42. The molecule has 4 nitrogen and oxygen atoms in total. The fraction of sp³-hybridized carbons (Fsp3) is 1.00. The average molecular weight is 351 g/mol. The first-order valence-electron chi connectivity index (χ1n) is 9.59. The van der Waals surface area contributed by atoms with Gasteiger partial charge in [-0.15, -0.1) is 0 Å². The molecule has 0 saturated carbocycles. The molecule has 0 aliphatic rings. The molecule has 5 heteroatoms. The van der Waals surface area contributed by atoms with Crippen LogP contribution < -0.4 is 0 Å². The smallest absolute Gasteiger partial charge is 0.267 e. The summed E-state index contributed by atoms with van der Waals surface area (Å²) in [5, 5.41) is 8.12. The normalized spacial score (nSPS) is 13.3. The van der Waals surface area contributed by atoms with Gasteiger partial charge in [-0.3, -0.25) is 4.55 Å². The molecule has 0 fully saturated rings. The van der Waals surface area contributed by atoms with Crippen LogP contribution >= 0.6 is 0 Å². The van der Waals surface area contributed by atoms with Crippen LogP contribution in [0.4, 0.5) is 0 Å². The van der Waals surface area contributed by atoms with E-state index in [1.54, 1.807) is 0 Å². The lowest BCUT2D eigenvalue weighted by Crippen LogP contribution is -2.20. The Labute approximate surface area is 143 Å². The van der Waals surface area contributed by atoms with Crippen molar-refractivity contribution in [3.05, 3.63) is 0 Å². The van der Waals surface area contributed by atoms with Gasteiger partial charge in [0.05, 0.1) is 5.25 Å². The third-order valence-electron chi connectivity index (χ3n) is 4.49. The van der Waals surface area contributed by atoms with Crippen molar-refractivity contribution in [2.45, 2.75) is 108 Å². The van der Waals surface area contributed by atoms with Gasteiger partial charge in [0, 0.05) is 6.61 Å². The second-order valence-electron chi connectivity index (χ2n) is 6.68. The third-order valence-corrected chi connectivity index (χ3v) is 5.80. The van der Waals surface area contributed by atoms with E-state index in [1.165, 1.54) is 44.9 Å². The average Bonchev–Trinajstić information content (AvgIpc) is 2.50. The Bertz CT molecular complexity index is 341. The molecule has 1 atom stereocenters. The van der Waals surface area contributed by atoms with Gasteiger partial charge in [0.2, 0.25) is 0 Å². The van der Waals surface area contributed by atoms with Crippen molar-refractivity contribution >= 4 is 10.1 Å². The van der Waals surface area contributed by atoms with Crippen molar-refractivity contribution in [2.24, 2.45) is 0 Å². The molecular weight excluding hydrogens is 312 g/mol. The quantitative estimate of drug-likeness (QED) is 0.282. The molecule has 140 valence electrons. The summed E-state index contributed by atoms with van der Waals surface area (Å²) in [5.74, 6) is 0. The number of rotatable bonds is 17. The van der Waals surface area contributed by atoms with Gasteiger partial charge in [-0.1, -0.05) is 84.0 Å². The largest absolute Gasteiger partial charge is 0.396 e. The summed E-state index contributed by atoms with van der Waals surface area (Å²) in [6.07, 6.45) is 15.4. The lowest BCUT2D eigenvalue weighted by atomic mass is 10.0. The van der Waals surface area contributed by atoms with Gasteiger partial charge in [-0.2, -0.15) is 8.42 Å². The van der Waals surface area contributed by atoms with Crippen LogP contribution in [0.5, 0.6) is 0 Å². The highest BCUT2D eigenvalue weighted by molar-refractivity contribution is 7.86. The molecule has 0 aliphatic carbocycles. The molecule has 0 aromatic carbocycles. The fourth-order valence-electron chi connectivity index (χ4n) is 2.96. The highest BCUT2D eigenvalue weighted by atomic mass is 32.2. The Balaban J connectivity index is 3.69. The molecule has 1 unspecified atom stereocenters. The molecule has 0 rings (SSSR count). The van der Waals surface area contributed by atoms with Crippen LogP contribution in [0.2, 0.25) is 0 Å². The first-order chi connectivity index (χ1) is 11.0. The molecular formula is C18H38O4S. The summed E-state index contributed by atoms with van der Waals surface area (Å²) < 4.78 is 32.2. The van der Waals surface area contributed by atoms with Gasteiger partial charge in [0.15, 0.2) is 0 Å². The van der Waals surface area contributed by atoms with E-state index in [9.17, 15) is 13.0 Å². The van der Waals surface area contributed by atoms with E-state index >= 15 is 0 Å². The molecule has 0 bridgehead atoms. The standard InChI is InChI=1S/C18H38O4S/c1-2-3-4-5-6-7-8-9-12-15-18(23(20,21)22)16-13-10-11-14-17-19/h18-19H,2-17H2,1H3,(H,20,21,22). The molecule has 0 aromatic rings. The minimum absolute atomic E-state index is 0.195. The molecule has 0 spiro atoms. The maximum absolute atomic E-state index is 11.4. The Morgan fingerprint density at radius 1 is 0.696 bits per heavy atom. The van der Waals surface area contributed by atoms with Crippen LogP contribution in [0, 0.1) is 0 Å².